The number of halogens is 1. The molecule has 0 aromatic heterocycles. The molecule has 1 aromatic rings. The maximum Gasteiger partial charge on any atom is 0.157 e. The van der Waals surface area contributed by atoms with E-state index in [1.165, 1.54) is 0 Å². The van der Waals surface area contributed by atoms with Crippen molar-refractivity contribution in [2.24, 2.45) is 5.92 Å². The Kier molecular flexibility index (Phi) is 4.15. The molecule has 0 aliphatic heterocycles. The zero-order valence-electron chi connectivity index (χ0n) is 8.53. The van der Waals surface area contributed by atoms with Crippen LogP contribution in [0.2, 0.25) is 0 Å². The summed E-state index contributed by atoms with van der Waals surface area (Å²) >= 11 is 6.08. The molecule has 14 heavy (non-hydrogen) atoms. The van der Waals surface area contributed by atoms with Crippen molar-refractivity contribution in [2.75, 3.05) is 0 Å². The Balaban J connectivity index is 2.76. The minimum Gasteiger partial charge on any atom is -0.297 e. The second-order valence-corrected chi connectivity index (χ2v) is 3.92. The van der Waals surface area contributed by atoms with Crippen molar-refractivity contribution < 1.29 is 4.79 Å². The molecule has 76 valence electrons. The molecule has 2 unspecified atom stereocenters. The minimum atomic E-state index is -0.494. The maximum absolute atomic E-state index is 11.7. The van der Waals surface area contributed by atoms with Gasteiger partial charge in [0.1, 0.15) is 5.38 Å². The largest absolute Gasteiger partial charge is 0.297 e. The summed E-state index contributed by atoms with van der Waals surface area (Å²) in [6.45, 7) is 3.91. The Morgan fingerprint density at radius 1 is 1.36 bits per heavy atom. The van der Waals surface area contributed by atoms with E-state index in [0.717, 1.165) is 12.0 Å². The number of ketones is 1. The highest BCUT2D eigenvalue weighted by Gasteiger charge is 2.21. The fraction of sp³-hybridized carbons (Fsp3) is 0.417. The van der Waals surface area contributed by atoms with Gasteiger partial charge >= 0.3 is 0 Å². The summed E-state index contributed by atoms with van der Waals surface area (Å²) in [5.41, 5.74) is 0.888. The molecule has 0 spiro atoms. The van der Waals surface area contributed by atoms with E-state index < -0.39 is 5.38 Å². The highest BCUT2D eigenvalue weighted by atomic mass is 35.5. The van der Waals surface area contributed by atoms with Crippen LogP contribution in [0.5, 0.6) is 0 Å². The van der Waals surface area contributed by atoms with Crippen LogP contribution in [-0.2, 0) is 4.79 Å². The number of carbonyl (C=O) groups is 1. The van der Waals surface area contributed by atoms with Crippen molar-refractivity contribution in [3.05, 3.63) is 35.9 Å². The molecule has 0 aliphatic carbocycles. The molecular formula is C12H15ClO. The smallest absolute Gasteiger partial charge is 0.157 e. The fourth-order valence-electron chi connectivity index (χ4n) is 1.24. The third-order valence-electron chi connectivity index (χ3n) is 2.44. The SMILES string of the molecule is CCC(C)C(=O)C(Cl)c1ccccc1. The van der Waals surface area contributed by atoms with Gasteiger partial charge in [-0.3, -0.25) is 4.79 Å². The monoisotopic (exact) mass is 210 g/mol. The predicted octanol–water partition coefficient (Wildman–Crippen LogP) is 3.58. The molecule has 1 rings (SSSR count). The average Bonchev–Trinajstić information content (AvgIpc) is 2.27. The van der Waals surface area contributed by atoms with E-state index in [1.807, 2.05) is 44.2 Å². The maximum atomic E-state index is 11.7. The van der Waals surface area contributed by atoms with Gasteiger partial charge in [0.25, 0.3) is 0 Å². The van der Waals surface area contributed by atoms with Crippen LogP contribution in [-0.4, -0.2) is 5.78 Å². The number of rotatable bonds is 4. The topological polar surface area (TPSA) is 17.1 Å². The molecule has 0 aliphatic rings. The fourth-order valence-corrected chi connectivity index (χ4v) is 1.60. The van der Waals surface area contributed by atoms with Gasteiger partial charge < -0.3 is 0 Å². The van der Waals surface area contributed by atoms with Crippen molar-refractivity contribution >= 4 is 17.4 Å². The lowest BCUT2D eigenvalue weighted by Crippen LogP contribution is -2.15. The second kappa shape index (κ2) is 5.16. The highest BCUT2D eigenvalue weighted by Crippen LogP contribution is 2.25. The normalized spacial score (nSPS) is 14.8. The average molecular weight is 211 g/mol. The van der Waals surface area contributed by atoms with E-state index in [-0.39, 0.29) is 11.7 Å². The van der Waals surface area contributed by atoms with Crippen LogP contribution >= 0.6 is 11.6 Å². The van der Waals surface area contributed by atoms with Crippen molar-refractivity contribution in [3.8, 4) is 0 Å². The number of alkyl halides is 1. The first-order chi connectivity index (χ1) is 6.66. The highest BCUT2D eigenvalue weighted by molar-refractivity contribution is 6.31. The molecular weight excluding hydrogens is 196 g/mol. The standard InChI is InChI=1S/C12H15ClO/c1-3-9(2)12(14)11(13)10-7-5-4-6-8-10/h4-9,11H,3H2,1-2H3. The third kappa shape index (κ3) is 2.58. The summed E-state index contributed by atoms with van der Waals surface area (Å²) < 4.78 is 0. The van der Waals surface area contributed by atoms with Crippen LogP contribution in [0.1, 0.15) is 31.2 Å². The van der Waals surface area contributed by atoms with Gasteiger partial charge in [-0.15, -0.1) is 11.6 Å². The van der Waals surface area contributed by atoms with Crippen LogP contribution in [0.4, 0.5) is 0 Å². The molecule has 0 heterocycles. The lowest BCUT2D eigenvalue weighted by molar-refractivity contribution is -0.122. The summed E-state index contributed by atoms with van der Waals surface area (Å²) in [7, 11) is 0. The Bertz CT molecular complexity index is 294. The zero-order valence-corrected chi connectivity index (χ0v) is 9.29. The van der Waals surface area contributed by atoms with Gasteiger partial charge in [0.05, 0.1) is 0 Å². The van der Waals surface area contributed by atoms with E-state index in [2.05, 4.69) is 0 Å². The molecule has 0 radical (unpaired) electrons. The Morgan fingerprint density at radius 3 is 2.43 bits per heavy atom. The van der Waals surface area contributed by atoms with Crippen molar-refractivity contribution in [3.63, 3.8) is 0 Å². The third-order valence-corrected chi connectivity index (χ3v) is 2.91. The lowest BCUT2D eigenvalue weighted by Gasteiger charge is -2.12. The number of carbonyl (C=O) groups excluding carboxylic acids is 1. The number of hydrogen-bond donors (Lipinski definition) is 0. The number of benzene rings is 1. The quantitative estimate of drug-likeness (QED) is 0.695. The number of hydrogen-bond acceptors (Lipinski definition) is 1. The zero-order chi connectivity index (χ0) is 10.6. The Labute approximate surface area is 90.1 Å². The Hall–Kier alpha value is -0.820. The van der Waals surface area contributed by atoms with Crippen LogP contribution in [0.3, 0.4) is 0 Å². The first-order valence-corrected chi connectivity index (χ1v) is 5.33. The van der Waals surface area contributed by atoms with Gasteiger partial charge in [-0.25, -0.2) is 0 Å². The first-order valence-electron chi connectivity index (χ1n) is 4.89. The van der Waals surface area contributed by atoms with E-state index in [0.29, 0.717) is 0 Å². The van der Waals surface area contributed by atoms with Gasteiger partial charge in [-0.05, 0) is 12.0 Å². The molecule has 0 saturated carbocycles. The predicted molar refractivity (Wildman–Crippen MR) is 59.5 cm³/mol. The van der Waals surface area contributed by atoms with E-state index in [4.69, 9.17) is 11.6 Å². The van der Waals surface area contributed by atoms with E-state index >= 15 is 0 Å². The van der Waals surface area contributed by atoms with Crippen LogP contribution in [0.25, 0.3) is 0 Å². The summed E-state index contributed by atoms with van der Waals surface area (Å²) in [4.78, 5) is 11.7. The molecule has 0 amide bonds. The second-order valence-electron chi connectivity index (χ2n) is 3.48. The van der Waals surface area contributed by atoms with Crippen molar-refractivity contribution in [2.45, 2.75) is 25.6 Å². The molecule has 2 heteroatoms. The van der Waals surface area contributed by atoms with Crippen LogP contribution in [0, 0.1) is 5.92 Å². The summed E-state index contributed by atoms with van der Waals surface area (Å²) in [6.07, 6.45) is 0.842. The van der Waals surface area contributed by atoms with Crippen LogP contribution < -0.4 is 0 Å². The summed E-state index contributed by atoms with van der Waals surface area (Å²) in [5, 5.41) is -0.494. The van der Waals surface area contributed by atoms with Gasteiger partial charge in [0, 0.05) is 5.92 Å². The minimum absolute atomic E-state index is 0.0395. The molecule has 0 saturated heterocycles. The van der Waals surface area contributed by atoms with Gasteiger partial charge in [-0.2, -0.15) is 0 Å². The lowest BCUT2D eigenvalue weighted by atomic mass is 9.97. The van der Waals surface area contributed by atoms with Crippen molar-refractivity contribution in [1.82, 2.24) is 0 Å². The molecule has 1 nitrogen and oxygen atoms in total. The van der Waals surface area contributed by atoms with Gasteiger partial charge in [-0.1, -0.05) is 44.2 Å². The van der Waals surface area contributed by atoms with Crippen LogP contribution in [0.15, 0.2) is 30.3 Å². The molecule has 0 fully saturated rings. The van der Waals surface area contributed by atoms with Crippen molar-refractivity contribution in [1.29, 1.82) is 0 Å². The molecule has 2 atom stereocenters. The summed E-state index contributed by atoms with van der Waals surface area (Å²) in [6, 6.07) is 9.49. The van der Waals surface area contributed by atoms with Gasteiger partial charge in [0.2, 0.25) is 0 Å². The Morgan fingerprint density at radius 2 is 1.93 bits per heavy atom. The molecule has 0 bridgehead atoms. The first kappa shape index (κ1) is 11.3. The molecule has 0 N–H and O–H groups in total. The van der Waals surface area contributed by atoms with Gasteiger partial charge in [0.15, 0.2) is 5.78 Å². The van der Waals surface area contributed by atoms with E-state index in [9.17, 15) is 4.79 Å². The number of Topliss-reactive ketones (excluding diaryl/α,β-unsaturated/α-hetero) is 1. The van der Waals surface area contributed by atoms with E-state index in [1.54, 1.807) is 0 Å². The summed E-state index contributed by atoms with van der Waals surface area (Å²) in [5.74, 6) is 0.151. The molecule has 1 aromatic carbocycles.